The van der Waals surface area contributed by atoms with Crippen LogP contribution < -0.4 is 0 Å². The SMILES string of the molecule is O=C(OCc1ccccc1)N1CCC(COC2CCC3(CC2)OCCO3)CC1. The zero-order chi connectivity index (χ0) is 19.2. The number of rotatable bonds is 5. The monoisotopic (exact) mass is 389 g/mol. The molecule has 154 valence electrons. The van der Waals surface area contributed by atoms with Crippen LogP contribution in [0.4, 0.5) is 4.79 Å². The van der Waals surface area contributed by atoms with E-state index in [9.17, 15) is 4.79 Å². The molecule has 6 heteroatoms. The fraction of sp³-hybridized carbons (Fsp3) is 0.682. The van der Waals surface area contributed by atoms with Crippen molar-refractivity contribution in [2.45, 2.75) is 57.0 Å². The van der Waals surface area contributed by atoms with Crippen molar-refractivity contribution in [3.8, 4) is 0 Å². The number of nitrogens with zero attached hydrogens (tertiary/aromatic N) is 1. The Morgan fingerprint density at radius 2 is 1.71 bits per heavy atom. The van der Waals surface area contributed by atoms with E-state index in [4.69, 9.17) is 18.9 Å². The van der Waals surface area contributed by atoms with Gasteiger partial charge >= 0.3 is 6.09 Å². The molecule has 1 aromatic carbocycles. The highest BCUT2D eigenvalue weighted by molar-refractivity contribution is 5.67. The molecule has 0 N–H and O–H groups in total. The first kappa shape index (κ1) is 19.7. The van der Waals surface area contributed by atoms with Gasteiger partial charge in [-0.15, -0.1) is 0 Å². The van der Waals surface area contributed by atoms with E-state index in [1.165, 1.54) is 0 Å². The van der Waals surface area contributed by atoms with E-state index < -0.39 is 0 Å². The van der Waals surface area contributed by atoms with Gasteiger partial charge in [-0.25, -0.2) is 4.79 Å². The normalized spacial score (nSPS) is 23.2. The van der Waals surface area contributed by atoms with Gasteiger partial charge in [-0.2, -0.15) is 0 Å². The molecule has 1 aromatic rings. The third-order valence-electron chi connectivity index (χ3n) is 6.15. The van der Waals surface area contributed by atoms with Crippen LogP contribution in [-0.2, 0) is 25.6 Å². The number of benzene rings is 1. The Morgan fingerprint density at radius 3 is 2.39 bits per heavy atom. The highest BCUT2D eigenvalue weighted by Crippen LogP contribution is 2.37. The Balaban J connectivity index is 1.11. The molecule has 2 aliphatic heterocycles. The standard InChI is InChI=1S/C22H31NO5/c24-21(26-17-18-4-2-1-3-5-18)23-12-8-19(9-13-23)16-25-20-6-10-22(11-7-20)27-14-15-28-22/h1-5,19-20H,6-17H2. The highest BCUT2D eigenvalue weighted by atomic mass is 16.7. The Labute approximate surface area is 167 Å². The number of carbonyl (C=O) groups is 1. The minimum atomic E-state index is -0.314. The van der Waals surface area contributed by atoms with Gasteiger partial charge in [0.1, 0.15) is 6.61 Å². The van der Waals surface area contributed by atoms with E-state index in [1.54, 1.807) is 0 Å². The number of hydrogen-bond acceptors (Lipinski definition) is 5. The molecule has 2 heterocycles. The van der Waals surface area contributed by atoms with Gasteiger partial charge in [0, 0.05) is 32.5 Å². The maximum Gasteiger partial charge on any atom is 0.410 e. The number of piperidine rings is 1. The van der Waals surface area contributed by atoms with Crippen LogP contribution in [-0.4, -0.2) is 55.8 Å². The molecule has 4 rings (SSSR count). The second kappa shape index (κ2) is 9.25. The Kier molecular flexibility index (Phi) is 6.50. The summed E-state index contributed by atoms with van der Waals surface area (Å²) in [5, 5.41) is 0. The zero-order valence-electron chi connectivity index (χ0n) is 16.5. The number of amides is 1. The van der Waals surface area contributed by atoms with Crippen molar-refractivity contribution in [1.82, 2.24) is 4.90 Å². The zero-order valence-corrected chi connectivity index (χ0v) is 16.5. The molecule has 0 unspecified atom stereocenters. The molecule has 0 atom stereocenters. The molecule has 3 aliphatic rings. The number of carbonyl (C=O) groups excluding carboxylic acids is 1. The van der Waals surface area contributed by atoms with Gasteiger partial charge in [0.15, 0.2) is 5.79 Å². The average molecular weight is 389 g/mol. The van der Waals surface area contributed by atoms with Gasteiger partial charge in [-0.1, -0.05) is 30.3 Å². The molecule has 0 aromatic heterocycles. The van der Waals surface area contributed by atoms with Crippen LogP contribution in [0.5, 0.6) is 0 Å². The first-order valence-corrected chi connectivity index (χ1v) is 10.6. The number of likely N-dealkylation sites (tertiary alicyclic amines) is 1. The molecule has 28 heavy (non-hydrogen) atoms. The predicted octanol–water partition coefficient (Wildman–Crippen LogP) is 3.74. The highest BCUT2D eigenvalue weighted by Gasteiger charge is 2.40. The van der Waals surface area contributed by atoms with Crippen LogP contribution in [0.15, 0.2) is 30.3 Å². The molecule has 6 nitrogen and oxygen atoms in total. The average Bonchev–Trinajstić information content (AvgIpc) is 3.21. The van der Waals surface area contributed by atoms with Gasteiger partial charge in [-0.05, 0) is 37.2 Å². The topological polar surface area (TPSA) is 57.2 Å². The molecule has 1 aliphatic carbocycles. The smallest absolute Gasteiger partial charge is 0.410 e. The molecular weight excluding hydrogens is 358 g/mol. The van der Waals surface area contributed by atoms with Crippen LogP contribution in [0.3, 0.4) is 0 Å². The summed E-state index contributed by atoms with van der Waals surface area (Å²) in [5.74, 6) is 0.207. The quantitative estimate of drug-likeness (QED) is 0.768. The van der Waals surface area contributed by atoms with Gasteiger partial charge in [0.25, 0.3) is 0 Å². The molecule has 1 amide bonds. The first-order chi connectivity index (χ1) is 13.7. The van der Waals surface area contributed by atoms with E-state index in [0.717, 1.165) is 77.0 Å². The molecule has 3 fully saturated rings. The third kappa shape index (κ3) is 5.04. The van der Waals surface area contributed by atoms with Crippen LogP contribution >= 0.6 is 0 Å². The van der Waals surface area contributed by atoms with Crippen molar-refractivity contribution in [2.75, 3.05) is 32.9 Å². The summed E-state index contributed by atoms with van der Waals surface area (Å²) < 4.78 is 23.2. The van der Waals surface area contributed by atoms with Crippen molar-refractivity contribution in [3.63, 3.8) is 0 Å². The van der Waals surface area contributed by atoms with E-state index in [1.807, 2.05) is 35.2 Å². The molecule has 2 saturated heterocycles. The second-order valence-corrected chi connectivity index (χ2v) is 8.11. The minimum Gasteiger partial charge on any atom is -0.445 e. The molecular formula is C22H31NO5. The molecule has 1 spiro atoms. The fourth-order valence-corrected chi connectivity index (χ4v) is 4.35. The van der Waals surface area contributed by atoms with Crippen LogP contribution in [0, 0.1) is 5.92 Å². The first-order valence-electron chi connectivity index (χ1n) is 10.6. The van der Waals surface area contributed by atoms with E-state index in [0.29, 0.717) is 18.6 Å². The summed E-state index contributed by atoms with van der Waals surface area (Å²) >= 11 is 0. The van der Waals surface area contributed by atoms with Crippen LogP contribution in [0.25, 0.3) is 0 Å². The number of ether oxygens (including phenoxy) is 4. The maximum atomic E-state index is 12.3. The Morgan fingerprint density at radius 1 is 1.04 bits per heavy atom. The van der Waals surface area contributed by atoms with Crippen LogP contribution in [0.2, 0.25) is 0 Å². The Hall–Kier alpha value is -1.63. The summed E-state index contributed by atoms with van der Waals surface area (Å²) in [6.07, 6.45) is 5.93. The summed E-state index contributed by atoms with van der Waals surface area (Å²) in [5.41, 5.74) is 1.02. The van der Waals surface area contributed by atoms with Gasteiger partial charge in [0.2, 0.25) is 0 Å². The van der Waals surface area contributed by atoms with Gasteiger partial charge in [0.05, 0.1) is 19.3 Å². The lowest BCUT2D eigenvalue weighted by atomic mass is 9.91. The van der Waals surface area contributed by atoms with E-state index in [-0.39, 0.29) is 11.9 Å². The maximum absolute atomic E-state index is 12.3. The van der Waals surface area contributed by atoms with Crippen molar-refractivity contribution < 1.29 is 23.7 Å². The summed E-state index contributed by atoms with van der Waals surface area (Å²) in [6, 6.07) is 9.80. The largest absolute Gasteiger partial charge is 0.445 e. The van der Waals surface area contributed by atoms with Gasteiger partial charge < -0.3 is 23.8 Å². The lowest BCUT2D eigenvalue weighted by molar-refractivity contribution is -0.192. The van der Waals surface area contributed by atoms with Crippen molar-refractivity contribution in [3.05, 3.63) is 35.9 Å². The summed E-state index contributed by atoms with van der Waals surface area (Å²) in [4.78, 5) is 14.1. The van der Waals surface area contributed by atoms with Gasteiger partial charge in [-0.3, -0.25) is 0 Å². The van der Waals surface area contributed by atoms with Crippen molar-refractivity contribution >= 4 is 6.09 Å². The third-order valence-corrected chi connectivity index (χ3v) is 6.15. The van der Waals surface area contributed by atoms with Crippen molar-refractivity contribution in [2.24, 2.45) is 5.92 Å². The molecule has 0 radical (unpaired) electrons. The van der Waals surface area contributed by atoms with E-state index in [2.05, 4.69) is 0 Å². The van der Waals surface area contributed by atoms with E-state index >= 15 is 0 Å². The lowest BCUT2D eigenvalue weighted by Gasteiger charge is -2.36. The lowest BCUT2D eigenvalue weighted by Crippen LogP contribution is -2.41. The second-order valence-electron chi connectivity index (χ2n) is 8.11. The molecule has 0 bridgehead atoms. The Bertz CT molecular complexity index is 613. The van der Waals surface area contributed by atoms with Crippen LogP contribution in [0.1, 0.15) is 44.1 Å². The summed E-state index contributed by atoms with van der Waals surface area (Å²) in [7, 11) is 0. The molecule has 1 saturated carbocycles. The number of hydrogen-bond donors (Lipinski definition) is 0. The van der Waals surface area contributed by atoms with Crippen molar-refractivity contribution in [1.29, 1.82) is 0 Å². The minimum absolute atomic E-state index is 0.211. The fourth-order valence-electron chi connectivity index (χ4n) is 4.35. The summed E-state index contributed by atoms with van der Waals surface area (Å²) in [6.45, 7) is 4.05. The predicted molar refractivity (Wildman–Crippen MR) is 104 cm³/mol.